The Balaban J connectivity index is 2.83. The lowest BCUT2D eigenvalue weighted by Gasteiger charge is -2.20. The number of carbonyl (C=O) groups excluding carboxylic acids is 1. The second-order valence-electron chi connectivity index (χ2n) is 3.74. The lowest BCUT2D eigenvalue weighted by Crippen LogP contribution is -2.24. The van der Waals surface area contributed by atoms with E-state index in [0.717, 1.165) is 0 Å². The number of aliphatic hydroxyl groups is 1. The molecular weight excluding hydrogens is 216 g/mol. The highest BCUT2D eigenvalue weighted by Gasteiger charge is 2.27. The molecule has 0 amide bonds. The first-order valence-electron chi connectivity index (χ1n) is 5.71. The van der Waals surface area contributed by atoms with E-state index in [1.54, 1.807) is 25.1 Å². The molecule has 0 bridgehead atoms. The van der Waals surface area contributed by atoms with Crippen molar-refractivity contribution in [3.05, 3.63) is 48.6 Å². The van der Waals surface area contributed by atoms with Crippen molar-refractivity contribution >= 4 is 5.97 Å². The van der Waals surface area contributed by atoms with Crippen LogP contribution in [0.4, 0.5) is 0 Å². The highest BCUT2D eigenvalue weighted by molar-refractivity contribution is 5.73. The fourth-order valence-electron chi connectivity index (χ4n) is 1.67. The van der Waals surface area contributed by atoms with Crippen LogP contribution < -0.4 is 0 Å². The van der Waals surface area contributed by atoms with Crippen molar-refractivity contribution in [2.75, 3.05) is 6.61 Å². The fraction of sp³-hybridized carbons (Fsp3) is 0.357. The summed E-state index contributed by atoms with van der Waals surface area (Å²) < 4.78 is 4.95. The number of aliphatic hydroxyl groups excluding tert-OH is 1. The van der Waals surface area contributed by atoms with Crippen LogP contribution in [0.2, 0.25) is 0 Å². The van der Waals surface area contributed by atoms with E-state index in [1.807, 2.05) is 18.2 Å². The van der Waals surface area contributed by atoms with E-state index in [9.17, 15) is 9.90 Å². The van der Waals surface area contributed by atoms with Crippen molar-refractivity contribution in [1.82, 2.24) is 0 Å². The standard InChI is InChI=1S/C14H18O3/c1-3-8-12(14(16)17-4-2)13(15)11-9-6-5-7-10-11/h3,5-7,9-10,12-13,15H,1,4,8H2,2H3/t12-,13-/m1/s1. The summed E-state index contributed by atoms with van der Waals surface area (Å²) in [5.41, 5.74) is 0.715. The Morgan fingerprint density at radius 2 is 2.12 bits per heavy atom. The maximum Gasteiger partial charge on any atom is 0.312 e. The fourth-order valence-corrected chi connectivity index (χ4v) is 1.67. The van der Waals surface area contributed by atoms with Crippen molar-refractivity contribution in [3.8, 4) is 0 Å². The second-order valence-corrected chi connectivity index (χ2v) is 3.74. The van der Waals surface area contributed by atoms with Gasteiger partial charge in [0.2, 0.25) is 0 Å². The zero-order valence-corrected chi connectivity index (χ0v) is 10.0. The van der Waals surface area contributed by atoms with Crippen LogP contribution >= 0.6 is 0 Å². The van der Waals surface area contributed by atoms with Gasteiger partial charge in [-0.15, -0.1) is 6.58 Å². The largest absolute Gasteiger partial charge is 0.466 e. The summed E-state index contributed by atoms with van der Waals surface area (Å²) >= 11 is 0. The average molecular weight is 234 g/mol. The van der Waals surface area contributed by atoms with Crippen LogP contribution in [0.1, 0.15) is 25.0 Å². The smallest absolute Gasteiger partial charge is 0.312 e. The van der Waals surface area contributed by atoms with E-state index in [0.29, 0.717) is 18.6 Å². The Kier molecular flexibility index (Phi) is 5.43. The van der Waals surface area contributed by atoms with Gasteiger partial charge in [0, 0.05) is 0 Å². The molecule has 1 rings (SSSR count). The molecule has 1 aromatic carbocycles. The molecule has 0 aliphatic rings. The quantitative estimate of drug-likeness (QED) is 0.607. The molecule has 3 heteroatoms. The minimum absolute atomic E-state index is 0.313. The van der Waals surface area contributed by atoms with Crippen molar-refractivity contribution < 1.29 is 14.6 Å². The van der Waals surface area contributed by atoms with E-state index < -0.39 is 12.0 Å². The summed E-state index contributed by atoms with van der Waals surface area (Å²) in [6.45, 7) is 5.66. The first-order valence-corrected chi connectivity index (χ1v) is 5.71. The van der Waals surface area contributed by atoms with Crippen molar-refractivity contribution in [2.45, 2.75) is 19.4 Å². The Hall–Kier alpha value is -1.61. The van der Waals surface area contributed by atoms with Crippen LogP contribution in [0, 0.1) is 5.92 Å². The van der Waals surface area contributed by atoms with Gasteiger partial charge in [-0.25, -0.2) is 0 Å². The van der Waals surface area contributed by atoms with Gasteiger partial charge in [0.15, 0.2) is 0 Å². The van der Waals surface area contributed by atoms with Gasteiger partial charge in [-0.2, -0.15) is 0 Å². The predicted octanol–water partition coefficient (Wildman–Crippen LogP) is 2.48. The van der Waals surface area contributed by atoms with E-state index in [1.165, 1.54) is 0 Å². The Morgan fingerprint density at radius 3 is 2.65 bits per heavy atom. The monoisotopic (exact) mass is 234 g/mol. The maximum absolute atomic E-state index is 11.7. The third-order valence-electron chi connectivity index (χ3n) is 2.53. The van der Waals surface area contributed by atoms with E-state index >= 15 is 0 Å². The topological polar surface area (TPSA) is 46.5 Å². The van der Waals surface area contributed by atoms with Crippen LogP contribution in [0.3, 0.4) is 0 Å². The molecule has 0 spiro atoms. The molecule has 1 N–H and O–H groups in total. The van der Waals surface area contributed by atoms with Crippen LogP contribution in [0.15, 0.2) is 43.0 Å². The first-order chi connectivity index (χ1) is 8.20. The molecule has 3 nitrogen and oxygen atoms in total. The number of ether oxygens (including phenoxy) is 1. The Morgan fingerprint density at radius 1 is 1.47 bits per heavy atom. The lowest BCUT2D eigenvalue weighted by molar-refractivity contribution is -0.152. The first kappa shape index (κ1) is 13.5. The highest BCUT2D eigenvalue weighted by atomic mass is 16.5. The number of benzene rings is 1. The summed E-state index contributed by atoms with van der Waals surface area (Å²) in [5.74, 6) is -0.974. The zero-order chi connectivity index (χ0) is 12.7. The Bertz CT molecular complexity index is 359. The number of rotatable bonds is 6. The Labute approximate surface area is 102 Å². The summed E-state index contributed by atoms with van der Waals surface area (Å²) in [7, 11) is 0. The maximum atomic E-state index is 11.7. The van der Waals surface area contributed by atoms with Crippen LogP contribution in [0.5, 0.6) is 0 Å². The van der Waals surface area contributed by atoms with Gasteiger partial charge in [-0.05, 0) is 18.9 Å². The van der Waals surface area contributed by atoms with E-state index in [4.69, 9.17) is 4.74 Å². The molecule has 0 aromatic heterocycles. The second kappa shape index (κ2) is 6.86. The molecule has 0 aliphatic heterocycles. The minimum atomic E-state index is -0.853. The number of hydrogen-bond acceptors (Lipinski definition) is 3. The number of esters is 1. The number of carbonyl (C=O) groups is 1. The summed E-state index contributed by atoms with van der Waals surface area (Å²) in [6.07, 6.45) is 1.16. The molecule has 0 unspecified atom stereocenters. The van der Waals surface area contributed by atoms with Gasteiger partial charge in [0.1, 0.15) is 0 Å². The van der Waals surface area contributed by atoms with Crippen LogP contribution in [-0.2, 0) is 9.53 Å². The molecule has 0 saturated carbocycles. The minimum Gasteiger partial charge on any atom is -0.466 e. The molecule has 2 atom stereocenters. The third kappa shape index (κ3) is 3.71. The SMILES string of the molecule is C=CC[C@@H](C(=O)OCC)[C@H](O)c1ccccc1. The molecule has 0 aliphatic carbocycles. The zero-order valence-electron chi connectivity index (χ0n) is 10.0. The molecular formula is C14H18O3. The van der Waals surface area contributed by atoms with Gasteiger partial charge in [-0.1, -0.05) is 36.4 Å². The molecule has 0 radical (unpaired) electrons. The van der Waals surface area contributed by atoms with Crippen molar-refractivity contribution in [3.63, 3.8) is 0 Å². The third-order valence-corrected chi connectivity index (χ3v) is 2.53. The van der Waals surface area contributed by atoms with Crippen LogP contribution in [-0.4, -0.2) is 17.7 Å². The molecule has 0 saturated heterocycles. The number of allylic oxidation sites excluding steroid dienone is 1. The van der Waals surface area contributed by atoms with Gasteiger partial charge >= 0.3 is 5.97 Å². The predicted molar refractivity (Wildman–Crippen MR) is 66.3 cm³/mol. The van der Waals surface area contributed by atoms with E-state index in [2.05, 4.69) is 6.58 Å². The molecule has 0 fully saturated rings. The number of hydrogen-bond donors (Lipinski definition) is 1. The molecule has 17 heavy (non-hydrogen) atoms. The van der Waals surface area contributed by atoms with Gasteiger partial charge in [0.25, 0.3) is 0 Å². The van der Waals surface area contributed by atoms with Gasteiger partial charge in [-0.3, -0.25) is 4.79 Å². The summed E-state index contributed by atoms with van der Waals surface area (Å²) in [6, 6.07) is 9.10. The van der Waals surface area contributed by atoms with Gasteiger partial charge < -0.3 is 9.84 Å². The summed E-state index contributed by atoms with van der Waals surface area (Å²) in [5, 5.41) is 10.2. The lowest BCUT2D eigenvalue weighted by atomic mass is 9.93. The molecule has 0 heterocycles. The molecule has 1 aromatic rings. The van der Waals surface area contributed by atoms with Crippen molar-refractivity contribution in [2.24, 2.45) is 5.92 Å². The van der Waals surface area contributed by atoms with E-state index in [-0.39, 0.29) is 5.97 Å². The highest BCUT2D eigenvalue weighted by Crippen LogP contribution is 2.26. The van der Waals surface area contributed by atoms with Crippen molar-refractivity contribution in [1.29, 1.82) is 0 Å². The average Bonchev–Trinajstić information content (AvgIpc) is 2.36. The summed E-state index contributed by atoms with van der Waals surface area (Å²) in [4.78, 5) is 11.7. The van der Waals surface area contributed by atoms with Crippen LogP contribution in [0.25, 0.3) is 0 Å². The van der Waals surface area contributed by atoms with Gasteiger partial charge in [0.05, 0.1) is 18.6 Å². The molecule has 92 valence electrons. The normalized spacial score (nSPS) is 13.8.